The highest BCUT2D eigenvalue weighted by atomic mass is 32.2. The molecule has 3 aromatic rings. The van der Waals surface area contributed by atoms with Crippen molar-refractivity contribution >= 4 is 34.4 Å². The molecule has 1 heterocycles. The molecule has 3 rings (SSSR count). The van der Waals surface area contributed by atoms with Gasteiger partial charge in [0.15, 0.2) is 5.16 Å². The SMILES string of the molecule is COCCn1c(SCC(=O)Nc2ccc(C)c(F)c2)nc2ccccc21. The summed E-state index contributed by atoms with van der Waals surface area (Å²) >= 11 is 1.35. The van der Waals surface area contributed by atoms with Gasteiger partial charge < -0.3 is 14.6 Å². The van der Waals surface area contributed by atoms with Crippen LogP contribution in [0.1, 0.15) is 5.56 Å². The zero-order chi connectivity index (χ0) is 18.5. The second-order valence-corrected chi connectivity index (χ2v) is 6.77. The summed E-state index contributed by atoms with van der Waals surface area (Å²) in [7, 11) is 1.65. The molecule has 0 fully saturated rings. The molecule has 0 atom stereocenters. The quantitative estimate of drug-likeness (QED) is 0.639. The van der Waals surface area contributed by atoms with Gasteiger partial charge in [0, 0.05) is 19.3 Å². The molecule has 136 valence electrons. The number of rotatable bonds is 7. The molecule has 2 aromatic carbocycles. The van der Waals surface area contributed by atoms with Crippen LogP contribution >= 0.6 is 11.8 Å². The molecule has 0 aliphatic rings. The maximum Gasteiger partial charge on any atom is 0.234 e. The number of anilines is 1. The van der Waals surface area contributed by atoms with Crippen LogP contribution in [0.4, 0.5) is 10.1 Å². The van der Waals surface area contributed by atoms with Crippen molar-refractivity contribution in [3.05, 3.63) is 53.8 Å². The van der Waals surface area contributed by atoms with E-state index in [1.54, 1.807) is 26.2 Å². The van der Waals surface area contributed by atoms with Gasteiger partial charge in [-0.05, 0) is 36.8 Å². The van der Waals surface area contributed by atoms with Gasteiger partial charge in [0.05, 0.1) is 23.4 Å². The molecular weight excluding hydrogens is 353 g/mol. The van der Waals surface area contributed by atoms with Crippen LogP contribution in [-0.2, 0) is 16.1 Å². The van der Waals surface area contributed by atoms with E-state index in [0.717, 1.165) is 16.2 Å². The van der Waals surface area contributed by atoms with Crippen molar-refractivity contribution in [1.82, 2.24) is 9.55 Å². The minimum absolute atomic E-state index is 0.186. The lowest BCUT2D eigenvalue weighted by Gasteiger charge is -2.09. The highest BCUT2D eigenvalue weighted by Gasteiger charge is 2.13. The number of nitrogens with zero attached hydrogens (tertiary/aromatic N) is 2. The lowest BCUT2D eigenvalue weighted by molar-refractivity contribution is -0.113. The molecule has 0 spiro atoms. The van der Waals surface area contributed by atoms with Crippen LogP contribution in [0.5, 0.6) is 0 Å². The number of nitrogens with one attached hydrogen (secondary N) is 1. The van der Waals surface area contributed by atoms with Crippen molar-refractivity contribution in [2.24, 2.45) is 0 Å². The Hall–Kier alpha value is -2.38. The number of fused-ring (bicyclic) bond motifs is 1. The van der Waals surface area contributed by atoms with Crippen molar-refractivity contribution in [2.75, 3.05) is 24.8 Å². The molecule has 5 nitrogen and oxygen atoms in total. The third kappa shape index (κ3) is 4.23. The Labute approximate surface area is 155 Å². The second kappa shape index (κ2) is 8.33. The molecule has 0 saturated heterocycles. The van der Waals surface area contributed by atoms with Gasteiger partial charge >= 0.3 is 0 Å². The number of benzene rings is 2. The summed E-state index contributed by atoms with van der Waals surface area (Å²) in [6.45, 7) is 2.90. The number of para-hydroxylation sites is 2. The van der Waals surface area contributed by atoms with Gasteiger partial charge in [0.2, 0.25) is 5.91 Å². The number of aryl methyl sites for hydroxylation is 1. The van der Waals surface area contributed by atoms with Gasteiger partial charge in [-0.15, -0.1) is 0 Å². The van der Waals surface area contributed by atoms with Crippen molar-refractivity contribution in [2.45, 2.75) is 18.6 Å². The number of methoxy groups -OCH3 is 1. The number of hydrogen-bond donors (Lipinski definition) is 1. The normalized spacial score (nSPS) is 11.0. The molecule has 1 aromatic heterocycles. The Kier molecular flexibility index (Phi) is 5.90. The molecule has 26 heavy (non-hydrogen) atoms. The van der Waals surface area contributed by atoms with E-state index in [-0.39, 0.29) is 17.5 Å². The Morgan fingerprint density at radius 3 is 2.88 bits per heavy atom. The van der Waals surface area contributed by atoms with E-state index in [2.05, 4.69) is 10.3 Å². The number of aromatic nitrogens is 2. The van der Waals surface area contributed by atoms with Crippen molar-refractivity contribution < 1.29 is 13.9 Å². The lowest BCUT2D eigenvalue weighted by Crippen LogP contribution is -2.15. The minimum atomic E-state index is -0.336. The lowest BCUT2D eigenvalue weighted by atomic mass is 10.2. The number of halogens is 1. The smallest absolute Gasteiger partial charge is 0.234 e. The standard InChI is InChI=1S/C19H20FN3O2S/c1-13-7-8-14(11-15(13)20)21-18(24)12-26-19-22-16-5-3-4-6-17(16)23(19)9-10-25-2/h3-8,11H,9-10,12H2,1-2H3,(H,21,24). The average Bonchev–Trinajstić information content (AvgIpc) is 2.99. The maximum absolute atomic E-state index is 13.6. The van der Waals surface area contributed by atoms with E-state index in [4.69, 9.17) is 4.74 Å². The summed E-state index contributed by atoms with van der Waals surface area (Å²) in [6, 6.07) is 12.5. The van der Waals surface area contributed by atoms with Crippen LogP contribution in [0.25, 0.3) is 11.0 Å². The average molecular weight is 373 g/mol. The number of imidazole rings is 1. The monoisotopic (exact) mass is 373 g/mol. The molecule has 0 bridgehead atoms. The molecule has 0 aliphatic heterocycles. The first-order chi connectivity index (χ1) is 12.6. The number of hydrogen-bond acceptors (Lipinski definition) is 4. The number of amides is 1. The van der Waals surface area contributed by atoms with Crippen LogP contribution in [0.2, 0.25) is 0 Å². The highest BCUT2D eigenvalue weighted by Crippen LogP contribution is 2.24. The van der Waals surface area contributed by atoms with Crippen molar-refractivity contribution in [1.29, 1.82) is 0 Å². The third-order valence-electron chi connectivity index (χ3n) is 3.93. The Bertz CT molecular complexity index is 926. The molecule has 0 radical (unpaired) electrons. The van der Waals surface area contributed by atoms with Gasteiger partial charge in [0.1, 0.15) is 5.82 Å². The molecule has 0 aliphatic carbocycles. The molecule has 1 N–H and O–H groups in total. The first-order valence-electron chi connectivity index (χ1n) is 8.21. The van der Waals surface area contributed by atoms with Crippen molar-refractivity contribution in [3.8, 4) is 0 Å². The fourth-order valence-electron chi connectivity index (χ4n) is 2.56. The molecule has 7 heteroatoms. The molecule has 0 saturated carbocycles. The van der Waals surface area contributed by atoms with Crippen molar-refractivity contribution in [3.63, 3.8) is 0 Å². The van der Waals surface area contributed by atoms with Gasteiger partial charge in [0.25, 0.3) is 0 Å². The van der Waals surface area contributed by atoms with Gasteiger partial charge in [-0.1, -0.05) is 30.0 Å². The summed E-state index contributed by atoms with van der Waals surface area (Å²) < 4.78 is 20.8. The zero-order valence-electron chi connectivity index (χ0n) is 14.7. The third-order valence-corrected chi connectivity index (χ3v) is 4.90. The van der Waals surface area contributed by atoms with Gasteiger partial charge in [-0.3, -0.25) is 4.79 Å². The minimum Gasteiger partial charge on any atom is -0.383 e. The van der Waals surface area contributed by atoms with E-state index in [0.29, 0.717) is 24.4 Å². The van der Waals surface area contributed by atoms with Gasteiger partial charge in [-0.2, -0.15) is 0 Å². The summed E-state index contributed by atoms with van der Waals surface area (Å²) in [5.41, 5.74) is 2.89. The Balaban J connectivity index is 1.70. The van der Waals surface area contributed by atoms with E-state index in [9.17, 15) is 9.18 Å². The van der Waals surface area contributed by atoms with Crippen LogP contribution in [-0.4, -0.2) is 34.9 Å². The predicted octanol–water partition coefficient (Wildman–Crippen LogP) is 3.86. The van der Waals surface area contributed by atoms with E-state index in [1.807, 2.05) is 28.8 Å². The number of thioether (sulfide) groups is 1. The van der Waals surface area contributed by atoms with E-state index in [1.165, 1.54) is 17.8 Å². The first kappa shape index (κ1) is 18.4. The van der Waals surface area contributed by atoms with Crippen LogP contribution in [0.15, 0.2) is 47.6 Å². The number of ether oxygens (including phenoxy) is 1. The van der Waals surface area contributed by atoms with Crippen LogP contribution in [0.3, 0.4) is 0 Å². The summed E-state index contributed by atoms with van der Waals surface area (Å²) in [5.74, 6) is -0.355. The van der Waals surface area contributed by atoms with E-state index >= 15 is 0 Å². The van der Waals surface area contributed by atoms with Crippen LogP contribution < -0.4 is 5.32 Å². The zero-order valence-corrected chi connectivity index (χ0v) is 15.5. The number of carbonyl (C=O) groups is 1. The summed E-state index contributed by atoms with van der Waals surface area (Å²) in [6.07, 6.45) is 0. The van der Waals surface area contributed by atoms with Gasteiger partial charge in [-0.25, -0.2) is 9.37 Å². The molecule has 1 amide bonds. The summed E-state index contributed by atoms with van der Waals surface area (Å²) in [5, 5.41) is 3.47. The maximum atomic E-state index is 13.6. The summed E-state index contributed by atoms with van der Waals surface area (Å²) in [4.78, 5) is 16.8. The Morgan fingerprint density at radius 1 is 1.31 bits per heavy atom. The largest absolute Gasteiger partial charge is 0.383 e. The molecular formula is C19H20FN3O2S. The first-order valence-corrected chi connectivity index (χ1v) is 9.20. The second-order valence-electron chi connectivity index (χ2n) is 5.83. The highest BCUT2D eigenvalue weighted by molar-refractivity contribution is 7.99. The fraction of sp³-hybridized carbons (Fsp3) is 0.263. The fourth-order valence-corrected chi connectivity index (χ4v) is 3.40. The van der Waals surface area contributed by atoms with Crippen LogP contribution in [0, 0.1) is 12.7 Å². The topological polar surface area (TPSA) is 56.1 Å². The predicted molar refractivity (Wildman–Crippen MR) is 102 cm³/mol. The van der Waals surface area contributed by atoms with E-state index < -0.39 is 0 Å². The molecule has 0 unspecified atom stereocenters. The number of carbonyl (C=O) groups excluding carboxylic acids is 1. The Morgan fingerprint density at radius 2 is 2.12 bits per heavy atom.